The summed E-state index contributed by atoms with van der Waals surface area (Å²) in [7, 11) is 0. The highest BCUT2D eigenvalue weighted by Gasteiger charge is 2.43. The maximum atomic E-state index is 14.5. The lowest BCUT2D eigenvalue weighted by atomic mass is 9.87. The van der Waals surface area contributed by atoms with E-state index in [1.165, 1.54) is 12.1 Å². The zero-order valence-electron chi connectivity index (χ0n) is 18.7. The quantitative estimate of drug-likeness (QED) is 0.387. The number of alkyl halides is 3. The molecule has 0 bridgehead atoms. The van der Waals surface area contributed by atoms with Crippen LogP contribution in [0.15, 0.2) is 53.7 Å². The Kier molecular flexibility index (Phi) is 5.51. The number of hydrogen-bond acceptors (Lipinski definition) is 2. The number of fused-ring (bicyclic) bond motifs is 1. The third kappa shape index (κ3) is 3.80. The number of nitrogens with zero attached hydrogens (tertiary/aromatic N) is 2. The van der Waals surface area contributed by atoms with Crippen molar-refractivity contribution in [2.24, 2.45) is 0 Å². The Bertz CT molecular complexity index is 1320. The molecule has 1 aliphatic heterocycles. The molecule has 3 nitrogen and oxygen atoms in total. The van der Waals surface area contributed by atoms with E-state index >= 15 is 0 Å². The number of nitrogens with one attached hydrogen (secondary N) is 1. The predicted octanol–water partition coefficient (Wildman–Crippen LogP) is 7.51. The first-order chi connectivity index (χ1) is 16.1. The van der Waals surface area contributed by atoms with Crippen LogP contribution < -0.4 is 0 Å². The smallest absolute Gasteiger partial charge is 0.358 e. The normalized spacial score (nSPS) is 23.4. The number of rotatable bonds is 3. The molecule has 2 aliphatic rings. The first kappa shape index (κ1) is 23.0. The van der Waals surface area contributed by atoms with Crippen LogP contribution in [0, 0.1) is 11.9 Å². The summed E-state index contributed by atoms with van der Waals surface area (Å²) in [5, 5.41) is -0.363. The second kappa shape index (κ2) is 8.15. The molecule has 1 aliphatic carbocycles. The number of aromatic amines is 1. The molecule has 1 unspecified atom stereocenters. The average molecular weight is 489 g/mol. The Morgan fingerprint density at radius 2 is 2.00 bits per heavy atom. The van der Waals surface area contributed by atoms with Crippen molar-refractivity contribution in [1.29, 1.82) is 0 Å². The fraction of sp³-hybridized carbons (Fsp3) is 0.346. The third-order valence-electron chi connectivity index (χ3n) is 6.92. The van der Waals surface area contributed by atoms with E-state index in [0.717, 1.165) is 36.7 Å². The summed E-state index contributed by atoms with van der Waals surface area (Å²) in [6.45, 7) is 4.77. The summed E-state index contributed by atoms with van der Waals surface area (Å²) in [5.41, 5.74) is 1.72. The van der Waals surface area contributed by atoms with Crippen LogP contribution in [0.4, 0.5) is 17.6 Å². The van der Waals surface area contributed by atoms with Gasteiger partial charge in [0.25, 0.3) is 0 Å². The molecule has 0 amide bonds. The van der Waals surface area contributed by atoms with Gasteiger partial charge in [0.1, 0.15) is 11.6 Å². The number of likely N-dealkylation sites (tertiary alicyclic amines) is 1. The van der Waals surface area contributed by atoms with Gasteiger partial charge in [-0.3, -0.25) is 0 Å². The lowest BCUT2D eigenvalue weighted by Crippen LogP contribution is -2.40. The Hall–Kier alpha value is -2.80. The summed E-state index contributed by atoms with van der Waals surface area (Å²) >= 11 is 5.92. The van der Waals surface area contributed by atoms with Crippen LogP contribution in [0.1, 0.15) is 56.0 Å². The van der Waals surface area contributed by atoms with Crippen LogP contribution in [-0.2, 0) is 11.7 Å². The highest BCUT2D eigenvalue weighted by Crippen LogP contribution is 2.45. The number of aromatic nitrogens is 2. The molecule has 1 fully saturated rings. The van der Waals surface area contributed by atoms with Crippen LogP contribution in [0.5, 0.6) is 0 Å². The number of imidazole rings is 1. The van der Waals surface area contributed by atoms with Gasteiger partial charge in [0.15, 0.2) is 0 Å². The Labute approximate surface area is 200 Å². The van der Waals surface area contributed by atoms with E-state index in [2.05, 4.69) is 27.0 Å². The average Bonchev–Trinajstić information content (AvgIpc) is 3.37. The van der Waals surface area contributed by atoms with Gasteiger partial charge < -0.3 is 9.88 Å². The molecule has 1 N–H and O–H groups in total. The first-order valence-electron chi connectivity index (χ1n) is 11.2. The monoisotopic (exact) mass is 488 g/mol. The van der Waals surface area contributed by atoms with Gasteiger partial charge in [-0.05, 0) is 68.5 Å². The standard InChI is InChI=1S/C26H23ClF4N3/c1-15-8-9-16(17-6-3-4-7-20(17)28)12-23(15)34-11-5-10-25(34,2)24-32-21-13-18(26(29,30)31)19(27)14-22(21)33-24/h3-4,6-8,13-14,16H,5,9-11H2,1-2H3,(H,32,33)/t16?,25-/m0/s1. The van der Waals surface area contributed by atoms with Crippen LogP contribution >= 0.6 is 11.6 Å². The SMILES string of the molecule is CC1=CCC(c2ccccc2F)[C]=C1N1CCC[C@@]1(C)c1nc2cc(C(F)(F)F)c(Cl)cc2[nH]1. The molecule has 177 valence electrons. The van der Waals surface area contributed by atoms with Gasteiger partial charge in [-0.2, -0.15) is 13.2 Å². The molecule has 8 heteroatoms. The van der Waals surface area contributed by atoms with Crippen molar-refractivity contribution in [2.75, 3.05) is 6.54 Å². The molecular weight excluding hydrogens is 466 g/mol. The van der Waals surface area contributed by atoms with Crippen molar-refractivity contribution >= 4 is 22.6 Å². The topological polar surface area (TPSA) is 31.9 Å². The molecule has 0 spiro atoms. The van der Waals surface area contributed by atoms with Crippen molar-refractivity contribution in [3.63, 3.8) is 0 Å². The van der Waals surface area contributed by atoms with Crippen molar-refractivity contribution in [3.05, 3.63) is 87.6 Å². The van der Waals surface area contributed by atoms with E-state index in [9.17, 15) is 17.6 Å². The second-order valence-corrected chi connectivity index (χ2v) is 9.56. The largest absolute Gasteiger partial charge is 0.417 e. The molecule has 34 heavy (non-hydrogen) atoms. The van der Waals surface area contributed by atoms with Gasteiger partial charge in [0.2, 0.25) is 0 Å². The van der Waals surface area contributed by atoms with Crippen LogP contribution in [-0.4, -0.2) is 21.4 Å². The third-order valence-corrected chi connectivity index (χ3v) is 7.23. The lowest BCUT2D eigenvalue weighted by Gasteiger charge is -2.39. The van der Waals surface area contributed by atoms with E-state index in [4.69, 9.17) is 11.6 Å². The van der Waals surface area contributed by atoms with Gasteiger partial charge in [0, 0.05) is 18.2 Å². The van der Waals surface area contributed by atoms with Crippen molar-refractivity contribution < 1.29 is 17.6 Å². The molecule has 3 aromatic rings. The predicted molar refractivity (Wildman–Crippen MR) is 124 cm³/mol. The maximum absolute atomic E-state index is 14.5. The van der Waals surface area contributed by atoms with Crippen molar-refractivity contribution in [3.8, 4) is 0 Å². The van der Waals surface area contributed by atoms with E-state index in [0.29, 0.717) is 23.3 Å². The fourth-order valence-electron chi connectivity index (χ4n) is 5.05. The highest BCUT2D eigenvalue weighted by molar-refractivity contribution is 6.32. The van der Waals surface area contributed by atoms with Crippen LogP contribution in [0.3, 0.4) is 0 Å². The summed E-state index contributed by atoms with van der Waals surface area (Å²) < 4.78 is 54.5. The maximum Gasteiger partial charge on any atom is 0.417 e. The van der Waals surface area contributed by atoms with Crippen LogP contribution in [0.2, 0.25) is 5.02 Å². The van der Waals surface area contributed by atoms with Crippen molar-refractivity contribution in [1.82, 2.24) is 14.9 Å². The number of benzene rings is 2. The summed E-state index contributed by atoms with van der Waals surface area (Å²) in [4.78, 5) is 9.97. The number of hydrogen-bond donors (Lipinski definition) is 1. The van der Waals surface area contributed by atoms with Gasteiger partial charge in [-0.25, -0.2) is 9.37 Å². The summed E-state index contributed by atoms with van der Waals surface area (Å²) in [6, 6.07) is 9.00. The van der Waals surface area contributed by atoms with Gasteiger partial charge in [-0.1, -0.05) is 35.9 Å². The molecule has 0 saturated carbocycles. The number of halogens is 5. The van der Waals surface area contributed by atoms with E-state index < -0.39 is 17.3 Å². The highest BCUT2D eigenvalue weighted by atomic mass is 35.5. The number of allylic oxidation sites excluding steroid dienone is 3. The molecule has 1 aromatic heterocycles. The molecule has 5 rings (SSSR count). The second-order valence-electron chi connectivity index (χ2n) is 9.15. The zero-order valence-corrected chi connectivity index (χ0v) is 19.5. The Morgan fingerprint density at radius 1 is 1.24 bits per heavy atom. The van der Waals surface area contributed by atoms with E-state index in [1.807, 2.05) is 19.9 Å². The van der Waals surface area contributed by atoms with Crippen LogP contribution in [0.25, 0.3) is 11.0 Å². The van der Waals surface area contributed by atoms with E-state index in [1.54, 1.807) is 12.1 Å². The minimum Gasteiger partial charge on any atom is -0.358 e. The summed E-state index contributed by atoms with van der Waals surface area (Å²) in [6.07, 6.45) is 3.35. The molecular formula is C26H23ClF4N3. The van der Waals surface area contributed by atoms with Crippen molar-refractivity contribution in [2.45, 2.75) is 50.7 Å². The summed E-state index contributed by atoms with van der Waals surface area (Å²) in [5.74, 6) is 0.102. The fourth-order valence-corrected chi connectivity index (χ4v) is 5.32. The Balaban J connectivity index is 1.55. The van der Waals surface area contributed by atoms with Gasteiger partial charge >= 0.3 is 6.18 Å². The molecule has 1 radical (unpaired) electrons. The molecule has 2 atom stereocenters. The minimum absolute atomic E-state index is 0.214. The van der Waals surface area contributed by atoms with E-state index in [-0.39, 0.29) is 22.3 Å². The molecule has 2 heterocycles. The zero-order chi connectivity index (χ0) is 24.3. The number of H-pyrrole nitrogens is 1. The van der Waals surface area contributed by atoms with Gasteiger partial charge in [0.05, 0.1) is 27.2 Å². The van der Waals surface area contributed by atoms with Gasteiger partial charge in [-0.15, -0.1) is 0 Å². The molecule has 2 aromatic carbocycles. The molecule has 1 saturated heterocycles. The Morgan fingerprint density at radius 3 is 2.74 bits per heavy atom. The minimum atomic E-state index is -4.56. The lowest BCUT2D eigenvalue weighted by molar-refractivity contribution is -0.137. The first-order valence-corrected chi connectivity index (χ1v) is 11.6.